The molecule has 4 N–H and O–H groups in total. The zero-order chi connectivity index (χ0) is 13.8. The largest absolute Gasteiger partial charge is 0.478 e. The maximum Gasteiger partial charge on any atom is 0.337 e. The van der Waals surface area contributed by atoms with Crippen molar-refractivity contribution in [2.75, 3.05) is 12.3 Å². The van der Waals surface area contributed by atoms with Gasteiger partial charge in [-0.1, -0.05) is 6.08 Å². The Morgan fingerprint density at radius 3 is 2.72 bits per heavy atom. The maximum absolute atomic E-state index is 11.9. The number of benzene rings is 1. The first-order valence-corrected chi connectivity index (χ1v) is 6.60. The number of hydrogen-bond acceptors (Lipinski definition) is 4. The Hall–Kier alpha value is -1.86. The summed E-state index contributed by atoms with van der Waals surface area (Å²) in [6, 6.07) is 3.63. The molecule has 0 saturated heterocycles. The number of carboxylic acids is 1. The summed E-state index contributed by atoms with van der Waals surface area (Å²) in [7, 11) is -3.89. The second kappa shape index (κ2) is 5.65. The first-order chi connectivity index (χ1) is 8.38. The SMILES string of the molecule is C=CCCNS(=O)(=O)c1cc(N)ccc1C(=O)O. The van der Waals surface area contributed by atoms with Crippen molar-refractivity contribution in [2.24, 2.45) is 0 Å². The van der Waals surface area contributed by atoms with Crippen LogP contribution in [0.1, 0.15) is 16.8 Å². The molecule has 0 amide bonds. The number of nitrogens with one attached hydrogen (secondary N) is 1. The van der Waals surface area contributed by atoms with Gasteiger partial charge < -0.3 is 10.8 Å². The van der Waals surface area contributed by atoms with Gasteiger partial charge in [-0.3, -0.25) is 0 Å². The third-order valence-corrected chi connectivity index (χ3v) is 3.67. The molecule has 0 aliphatic rings. The number of sulfonamides is 1. The van der Waals surface area contributed by atoms with Gasteiger partial charge in [0.25, 0.3) is 0 Å². The van der Waals surface area contributed by atoms with E-state index in [1.165, 1.54) is 12.1 Å². The highest BCUT2D eigenvalue weighted by molar-refractivity contribution is 7.89. The second-order valence-electron chi connectivity index (χ2n) is 3.54. The molecule has 7 heteroatoms. The Kier molecular flexibility index (Phi) is 4.46. The van der Waals surface area contributed by atoms with Gasteiger partial charge in [0.05, 0.1) is 10.5 Å². The Bertz CT molecular complexity index is 566. The van der Waals surface area contributed by atoms with Crippen molar-refractivity contribution >= 4 is 21.7 Å². The number of nitrogens with two attached hydrogens (primary N) is 1. The molecule has 0 spiro atoms. The molecule has 0 atom stereocenters. The molecule has 1 aromatic rings. The summed E-state index contributed by atoms with van der Waals surface area (Å²) in [5.41, 5.74) is 5.35. The van der Waals surface area contributed by atoms with E-state index in [4.69, 9.17) is 10.8 Å². The minimum Gasteiger partial charge on any atom is -0.478 e. The van der Waals surface area contributed by atoms with Crippen LogP contribution in [0.3, 0.4) is 0 Å². The number of nitrogen functional groups attached to an aromatic ring is 1. The molecule has 0 radical (unpaired) electrons. The van der Waals surface area contributed by atoms with Gasteiger partial charge >= 0.3 is 5.97 Å². The van der Waals surface area contributed by atoms with E-state index >= 15 is 0 Å². The second-order valence-corrected chi connectivity index (χ2v) is 5.27. The van der Waals surface area contributed by atoms with Gasteiger partial charge in [0.1, 0.15) is 0 Å². The average molecular weight is 270 g/mol. The Morgan fingerprint density at radius 1 is 1.50 bits per heavy atom. The van der Waals surface area contributed by atoms with Crippen LogP contribution >= 0.6 is 0 Å². The molecule has 0 aliphatic heterocycles. The zero-order valence-electron chi connectivity index (χ0n) is 9.59. The smallest absolute Gasteiger partial charge is 0.337 e. The standard InChI is InChI=1S/C11H14N2O4S/c1-2-3-6-13-18(16,17)10-7-8(12)4-5-9(10)11(14)15/h2,4-5,7,13H,1,3,6,12H2,(H,14,15). The number of hydrogen-bond donors (Lipinski definition) is 3. The van der Waals surface area contributed by atoms with E-state index in [2.05, 4.69) is 11.3 Å². The van der Waals surface area contributed by atoms with Crippen LogP contribution in [0.15, 0.2) is 35.7 Å². The van der Waals surface area contributed by atoms with Crippen molar-refractivity contribution in [2.45, 2.75) is 11.3 Å². The van der Waals surface area contributed by atoms with Crippen LogP contribution in [0.4, 0.5) is 5.69 Å². The lowest BCUT2D eigenvalue weighted by atomic mass is 10.2. The molecule has 0 fully saturated rings. The molecule has 1 aromatic carbocycles. The van der Waals surface area contributed by atoms with Crippen LogP contribution in [-0.4, -0.2) is 26.0 Å². The van der Waals surface area contributed by atoms with Crippen molar-refractivity contribution in [1.29, 1.82) is 0 Å². The van der Waals surface area contributed by atoms with Crippen molar-refractivity contribution in [3.63, 3.8) is 0 Å². The summed E-state index contributed by atoms with van der Waals surface area (Å²) < 4.78 is 26.1. The van der Waals surface area contributed by atoms with Gasteiger partial charge in [-0.15, -0.1) is 6.58 Å². The number of rotatable bonds is 6. The third kappa shape index (κ3) is 3.31. The van der Waals surface area contributed by atoms with Crippen molar-refractivity contribution in [1.82, 2.24) is 4.72 Å². The van der Waals surface area contributed by atoms with Crippen LogP contribution in [-0.2, 0) is 10.0 Å². The first kappa shape index (κ1) is 14.2. The number of aromatic carboxylic acids is 1. The summed E-state index contributed by atoms with van der Waals surface area (Å²) in [4.78, 5) is 10.6. The third-order valence-electron chi connectivity index (χ3n) is 2.17. The van der Waals surface area contributed by atoms with Crippen LogP contribution < -0.4 is 10.5 Å². The quantitative estimate of drug-likeness (QED) is 0.403. The van der Waals surface area contributed by atoms with Crippen molar-refractivity contribution in [3.8, 4) is 0 Å². The summed E-state index contributed by atoms with van der Waals surface area (Å²) in [5, 5.41) is 8.94. The molecule has 18 heavy (non-hydrogen) atoms. The van der Waals surface area contributed by atoms with E-state index in [-0.39, 0.29) is 22.7 Å². The highest BCUT2D eigenvalue weighted by atomic mass is 32.2. The Morgan fingerprint density at radius 2 is 2.17 bits per heavy atom. The molecule has 1 rings (SSSR count). The summed E-state index contributed by atoms with van der Waals surface area (Å²) in [6.45, 7) is 3.62. The lowest BCUT2D eigenvalue weighted by Gasteiger charge is -2.09. The topological polar surface area (TPSA) is 109 Å². The number of carboxylic acid groups (broad SMARTS) is 1. The molecular formula is C11H14N2O4S. The molecule has 6 nitrogen and oxygen atoms in total. The van der Waals surface area contributed by atoms with Gasteiger partial charge in [-0.25, -0.2) is 17.9 Å². The summed E-state index contributed by atoms with van der Waals surface area (Å²) in [5.74, 6) is -1.32. The predicted molar refractivity (Wildman–Crippen MR) is 67.8 cm³/mol. The van der Waals surface area contributed by atoms with Gasteiger partial charge in [-0.2, -0.15) is 0 Å². The van der Waals surface area contributed by atoms with Gasteiger partial charge in [0.15, 0.2) is 0 Å². The van der Waals surface area contributed by atoms with Gasteiger partial charge in [0, 0.05) is 12.2 Å². The van der Waals surface area contributed by atoms with Crippen LogP contribution in [0.25, 0.3) is 0 Å². The Balaban J connectivity index is 3.17. The average Bonchev–Trinajstić information content (AvgIpc) is 2.28. The van der Waals surface area contributed by atoms with E-state index in [0.29, 0.717) is 6.42 Å². The fraction of sp³-hybridized carbons (Fsp3) is 0.182. The summed E-state index contributed by atoms with van der Waals surface area (Å²) in [6.07, 6.45) is 2.00. The molecule has 98 valence electrons. The fourth-order valence-corrected chi connectivity index (χ4v) is 2.59. The van der Waals surface area contributed by atoms with E-state index < -0.39 is 16.0 Å². The molecule has 0 aliphatic carbocycles. The van der Waals surface area contributed by atoms with Crippen molar-refractivity contribution < 1.29 is 18.3 Å². The van der Waals surface area contributed by atoms with Crippen molar-refractivity contribution in [3.05, 3.63) is 36.4 Å². The lowest BCUT2D eigenvalue weighted by Crippen LogP contribution is -2.26. The highest BCUT2D eigenvalue weighted by Gasteiger charge is 2.21. The number of anilines is 1. The Labute approximate surface area is 105 Å². The number of carbonyl (C=O) groups is 1. The zero-order valence-corrected chi connectivity index (χ0v) is 10.4. The first-order valence-electron chi connectivity index (χ1n) is 5.12. The summed E-state index contributed by atoms with van der Waals surface area (Å²) >= 11 is 0. The fourth-order valence-electron chi connectivity index (χ4n) is 1.31. The normalized spacial score (nSPS) is 11.1. The van der Waals surface area contributed by atoms with E-state index in [1.54, 1.807) is 6.08 Å². The van der Waals surface area contributed by atoms with Crippen LogP contribution in [0, 0.1) is 0 Å². The van der Waals surface area contributed by atoms with Gasteiger partial charge in [-0.05, 0) is 24.6 Å². The highest BCUT2D eigenvalue weighted by Crippen LogP contribution is 2.19. The minimum atomic E-state index is -3.89. The van der Waals surface area contributed by atoms with Crippen LogP contribution in [0.5, 0.6) is 0 Å². The molecule has 0 unspecified atom stereocenters. The molecule has 0 aromatic heterocycles. The lowest BCUT2D eigenvalue weighted by molar-refractivity contribution is 0.0692. The van der Waals surface area contributed by atoms with E-state index in [1.807, 2.05) is 0 Å². The van der Waals surface area contributed by atoms with Gasteiger partial charge in [0.2, 0.25) is 10.0 Å². The van der Waals surface area contributed by atoms with Crippen LogP contribution in [0.2, 0.25) is 0 Å². The molecule has 0 saturated carbocycles. The monoisotopic (exact) mass is 270 g/mol. The van der Waals surface area contributed by atoms with E-state index in [9.17, 15) is 13.2 Å². The molecule has 0 bridgehead atoms. The minimum absolute atomic E-state index is 0.152. The molecule has 0 heterocycles. The van der Waals surface area contributed by atoms with E-state index in [0.717, 1.165) is 6.07 Å². The molecular weight excluding hydrogens is 256 g/mol. The maximum atomic E-state index is 11.9. The predicted octanol–water partition coefficient (Wildman–Crippen LogP) is 0.821.